The molecule has 0 aromatic heterocycles. The predicted octanol–water partition coefficient (Wildman–Crippen LogP) is 2.69. The second kappa shape index (κ2) is 10.0. The number of hydrogen-bond donors (Lipinski definition) is 1. The summed E-state index contributed by atoms with van der Waals surface area (Å²) in [5.41, 5.74) is 0.736. The topological polar surface area (TPSA) is 67.9 Å². The van der Waals surface area contributed by atoms with Crippen LogP contribution >= 0.6 is 0 Å². The zero-order valence-corrected chi connectivity index (χ0v) is 15.1. The Morgan fingerprint density at radius 1 is 1.24 bits per heavy atom. The Hall–Kier alpha value is -2.08. The molecule has 0 atom stereocenters. The van der Waals surface area contributed by atoms with Crippen LogP contribution in [0.2, 0.25) is 0 Å². The van der Waals surface area contributed by atoms with E-state index in [2.05, 4.69) is 17.1 Å². The molecule has 1 aromatic carbocycles. The number of esters is 1. The van der Waals surface area contributed by atoms with E-state index in [4.69, 9.17) is 9.47 Å². The van der Waals surface area contributed by atoms with Crippen LogP contribution in [0.25, 0.3) is 0 Å². The summed E-state index contributed by atoms with van der Waals surface area (Å²) in [6.45, 7) is 6.74. The first-order chi connectivity index (χ1) is 12.1. The van der Waals surface area contributed by atoms with Crippen molar-refractivity contribution in [1.29, 1.82) is 0 Å². The van der Waals surface area contributed by atoms with Crippen molar-refractivity contribution in [3.63, 3.8) is 0 Å². The van der Waals surface area contributed by atoms with E-state index in [0.29, 0.717) is 19.8 Å². The fourth-order valence-electron chi connectivity index (χ4n) is 2.87. The molecule has 138 valence electrons. The van der Waals surface area contributed by atoms with Gasteiger partial charge in [-0.3, -0.25) is 14.5 Å². The molecule has 1 aliphatic rings. The average molecular weight is 348 g/mol. The Kier molecular flexibility index (Phi) is 7.73. The Morgan fingerprint density at radius 2 is 2.00 bits per heavy atom. The normalized spacial score (nSPS) is 15.6. The zero-order valence-electron chi connectivity index (χ0n) is 15.1. The summed E-state index contributed by atoms with van der Waals surface area (Å²) < 4.78 is 10.6. The van der Waals surface area contributed by atoms with Crippen molar-refractivity contribution in [3.8, 4) is 5.75 Å². The highest BCUT2D eigenvalue weighted by atomic mass is 16.5. The van der Waals surface area contributed by atoms with Gasteiger partial charge >= 0.3 is 5.97 Å². The van der Waals surface area contributed by atoms with Crippen molar-refractivity contribution in [1.82, 2.24) is 4.90 Å². The quantitative estimate of drug-likeness (QED) is 0.732. The highest BCUT2D eigenvalue weighted by molar-refractivity contribution is 5.92. The van der Waals surface area contributed by atoms with Gasteiger partial charge in [0.25, 0.3) is 0 Å². The highest BCUT2D eigenvalue weighted by Gasteiger charge is 2.26. The smallest absolute Gasteiger partial charge is 0.309 e. The number of carbonyl (C=O) groups is 2. The number of ether oxygens (including phenoxy) is 2. The largest absolute Gasteiger partial charge is 0.494 e. The standard InChI is InChI=1S/C19H28N2O4/c1-3-12-25-17-7-5-6-16(13-17)20-18(22)14-21-10-8-15(9-11-21)19(23)24-4-2/h5-7,13,15H,3-4,8-12,14H2,1-2H3,(H,20,22). The summed E-state index contributed by atoms with van der Waals surface area (Å²) in [4.78, 5) is 26.1. The molecule has 1 aliphatic heterocycles. The predicted molar refractivity (Wildman–Crippen MR) is 96.7 cm³/mol. The molecular weight excluding hydrogens is 320 g/mol. The molecule has 1 heterocycles. The van der Waals surface area contributed by atoms with Gasteiger partial charge in [0.15, 0.2) is 0 Å². The third-order valence-corrected chi connectivity index (χ3v) is 4.17. The van der Waals surface area contributed by atoms with Gasteiger partial charge in [-0.2, -0.15) is 0 Å². The first kappa shape index (κ1) is 19.2. The summed E-state index contributed by atoms with van der Waals surface area (Å²) in [6, 6.07) is 7.43. The molecule has 0 aliphatic carbocycles. The van der Waals surface area contributed by atoms with Gasteiger partial charge in [-0.1, -0.05) is 13.0 Å². The van der Waals surface area contributed by atoms with Crippen LogP contribution in [0.3, 0.4) is 0 Å². The third-order valence-electron chi connectivity index (χ3n) is 4.17. The lowest BCUT2D eigenvalue weighted by Crippen LogP contribution is -2.41. The highest BCUT2D eigenvalue weighted by Crippen LogP contribution is 2.20. The van der Waals surface area contributed by atoms with Crippen molar-refractivity contribution < 1.29 is 19.1 Å². The minimum absolute atomic E-state index is 0.0355. The maximum atomic E-state index is 12.2. The minimum atomic E-state index is -0.115. The number of rotatable bonds is 8. The molecule has 25 heavy (non-hydrogen) atoms. The van der Waals surface area contributed by atoms with Crippen LogP contribution < -0.4 is 10.1 Å². The van der Waals surface area contributed by atoms with E-state index >= 15 is 0 Å². The van der Waals surface area contributed by atoms with E-state index in [0.717, 1.165) is 43.8 Å². The van der Waals surface area contributed by atoms with Crippen LogP contribution in [0.5, 0.6) is 5.75 Å². The third kappa shape index (κ3) is 6.38. The summed E-state index contributed by atoms with van der Waals surface area (Å²) >= 11 is 0. The summed E-state index contributed by atoms with van der Waals surface area (Å²) in [5, 5.41) is 2.91. The molecule has 1 aromatic rings. The van der Waals surface area contributed by atoms with Crippen molar-refractivity contribution in [3.05, 3.63) is 24.3 Å². The van der Waals surface area contributed by atoms with E-state index in [9.17, 15) is 9.59 Å². The van der Waals surface area contributed by atoms with E-state index < -0.39 is 0 Å². The van der Waals surface area contributed by atoms with Crippen molar-refractivity contribution in [2.45, 2.75) is 33.1 Å². The number of nitrogens with zero attached hydrogens (tertiary/aromatic N) is 1. The second-order valence-electron chi connectivity index (χ2n) is 6.23. The van der Waals surface area contributed by atoms with Crippen molar-refractivity contribution in [2.24, 2.45) is 5.92 Å². The molecule has 0 radical (unpaired) electrons. The minimum Gasteiger partial charge on any atom is -0.494 e. The van der Waals surface area contributed by atoms with Crippen LogP contribution in [-0.4, -0.2) is 49.6 Å². The Labute approximate surface area is 149 Å². The number of hydrogen-bond acceptors (Lipinski definition) is 5. The van der Waals surface area contributed by atoms with Crippen LogP contribution in [0.15, 0.2) is 24.3 Å². The molecule has 6 nitrogen and oxygen atoms in total. The van der Waals surface area contributed by atoms with Gasteiger partial charge in [-0.25, -0.2) is 0 Å². The van der Waals surface area contributed by atoms with E-state index in [1.807, 2.05) is 31.2 Å². The molecule has 0 spiro atoms. The van der Waals surface area contributed by atoms with Crippen molar-refractivity contribution >= 4 is 17.6 Å². The summed E-state index contributed by atoms with van der Waals surface area (Å²) in [5.74, 6) is 0.555. The maximum absolute atomic E-state index is 12.2. The van der Waals surface area contributed by atoms with Gasteiger partial charge < -0.3 is 14.8 Å². The molecule has 1 saturated heterocycles. The lowest BCUT2D eigenvalue weighted by atomic mass is 9.97. The van der Waals surface area contributed by atoms with Gasteiger partial charge in [0.05, 0.1) is 25.7 Å². The molecule has 0 bridgehead atoms. The number of benzene rings is 1. The maximum Gasteiger partial charge on any atom is 0.309 e. The molecule has 0 unspecified atom stereocenters. The van der Waals surface area contributed by atoms with Gasteiger partial charge in [0, 0.05) is 11.8 Å². The first-order valence-electron chi connectivity index (χ1n) is 9.04. The number of nitrogens with one attached hydrogen (secondary N) is 1. The van der Waals surface area contributed by atoms with Gasteiger partial charge in [-0.15, -0.1) is 0 Å². The monoisotopic (exact) mass is 348 g/mol. The fourth-order valence-corrected chi connectivity index (χ4v) is 2.87. The molecular formula is C19H28N2O4. The lowest BCUT2D eigenvalue weighted by Gasteiger charge is -2.30. The number of anilines is 1. The van der Waals surface area contributed by atoms with Gasteiger partial charge in [0.2, 0.25) is 5.91 Å². The zero-order chi connectivity index (χ0) is 18.1. The van der Waals surface area contributed by atoms with Crippen LogP contribution in [0, 0.1) is 5.92 Å². The SMILES string of the molecule is CCCOc1cccc(NC(=O)CN2CCC(C(=O)OCC)CC2)c1. The molecule has 0 saturated carbocycles. The Balaban J connectivity index is 1.77. The van der Waals surface area contributed by atoms with Crippen molar-refractivity contribution in [2.75, 3.05) is 38.2 Å². The van der Waals surface area contributed by atoms with E-state index in [1.54, 1.807) is 0 Å². The molecule has 6 heteroatoms. The van der Waals surface area contributed by atoms with Crippen LogP contribution in [0.1, 0.15) is 33.1 Å². The summed E-state index contributed by atoms with van der Waals surface area (Å²) in [6.07, 6.45) is 2.43. The first-order valence-corrected chi connectivity index (χ1v) is 9.04. The fraction of sp³-hybridized carbons (Fsp3) is 0.579. The van der Waals surface area contributed by atoms with Gasteiger partial charge in [-0.05, 0) is 51.4 Å². The Morgan fingerprint density at radius 3 is 2.68 bits per heavy atom. The average Bonchev–Trinajstić information content (AvgIpc) is 2.61. The molecule has 1 amide bonds. The summed E-state index contributed by atoms with van der Waals surface area (Å²) in [7, 11) is 0. The van der Waals surface area contributed by atoms with E-state index in [1.165, 1.54) is 0 Å². The molecule has 2 rings (SSSR count). The molecule has 1 fully saturated rings. The lowest BCUT2D eigenvalue weighted by molar-refractivity contribution is -0.149. The molecule has 1 N–H and O–H groups in total. The number of likely N-dealkylation sites (tertiary alicyclic amines) is 1. The van der Waals surface area contributed by atoms with E-state index in [-0.39, 0.29) is 17.8 Å². The number of carbonyl (C=O) groups excluding carboxylic acids is 2. The Bertz CT molecular complexity index is 568. The number of piperidine rings is 1. The van der Waals surface area contributed by atoms with Crippen LogP contribution in [-0.2, 0) is 14.3 Å². The second-order valence-corrected chi connectivity index (χ2v) is 6.23. The van der Waals surface area contributed by atoms with Crippen LogP contribution in [0.4, 0.5) is 5.69 Å². The number of amides is 1. The van der Waals surface area contributed by atoms with Gasteiger partial charge in [0.1, 0.15) is 5.75 Å².